The summed E-state index contributed by atoms with van der Waals surface area (Å²) in [7, 11) is 1.71. The van der Waals surface area contributed by atoms with E-state index in [0.717, 1.165) is 22.9 Å². The van der Waals surface area contributed by atoms with E-state index in [-0.39, 0.29) is 0 Å². The minimum atomic E-state index is 0.495. The molecule has 0 unspecified atom stereocenters. The molecule has 1 heterocycles. The van der Waals surface area contributed by atoms with Crippen molar-refractivity contribution in [3.63, 3.8) is 0 Å². The third kappa shape index (κ3) is 4.25. The number of anilines is 1. The zero-order valence-corrected chi connectivity index (χ0v) is 15.4. The third-order valence-corrected chi connectivity index (χ3v) is 5.04. The van der Waals surface area contributed by atoms with Crippen LogP contribution in [0, 0.1) is 6.92 Å². The Balaban J connectivity index is 1.58. The summed E-state index contributed by atoms with van der Waals surface area (Å²) in [5, 5.41) is 3.65. The Morgan fingerprint density at radius 3 is 2.44 bits per heavy atom. The molecule has 1 aromatic heterocycles. The maximum Gasteiger partial charge on any atom is 0.163 e. The number of methoxy groups -OCH3 is 1. The minimum Gasteiger partial charge on any atom is -0.494 e. The van der Waals surface area contributed by atoms with Gasteiger partial charge in [-0.15, -0.1) is 0 Å². The molecule has 0 amide bonds. The van der Waals surface area contributed by atoms with E-state index >= 15 is 0 Å². The highest BCUT2D eigenvalue weighted by molar-refractivity contribution is 5.58. The Morgan fingerprint density at radius 2 is 1.80 bits per heavy atom. The van der Waals surface area contributed by atoms with Gasteiger partial charge in [-0.3, -0.25) is 4.98 Å². The Morgan fingerprint density at radius 1 is 1.08 bits per heavy atom. The van der Waals surface area contributed by atoms with Crippen LogP contribution in [-0.4, -0.2) is 24.7 Å². The zero-order chi connectivity index (χ0) is 17.6. The molecule has 4 heteroatoms. The monoisotopic (exact) mass is 340 g/mol. The molecule has 1 N–H and O–H groups in total. The van der Waals surface area contributed by atoms with Crippen molar-refractivity contribution in [1.82, 2.24) is 4.98 Å². The smallest absolute Gasteiger partial charge is 0.163 e. The lowest BCUT2D eigenvalue weighted by Crippen LogP contribution is -2.25. The molecule has 0 saturated heterocycles. The predicted octanol–water partition coefficient (Wildman–Crippen LogP) is 4.94. The number of benzene rings is 1. The van der Waals surface area contributed by atoms with Crippen molar-refractivity contribution in [2.24, 2.45) is 0 Å². The summed E-state index contributed by atoms with van der Waals surface area (Å²) in [6.07, 6.45) is 6.59. The molecule has 1 fully saturated rings. The molecule has 0 aliphatic heterocycles. The standard InChI is InChI=1S/C21H28N2O2/c1-4-25-19-11-7-17(8-12-19)16-5-9-18(10-6-16)23-20-13-14-22-15(2)21(20)24-3/h7-8,11-14,16,18H,4-6,9-10H2,1-3H3,(H,22,23). The summed E-state index contributed by atoms with van der Waals surface area (Å²) in [4.78, 5) is 4.30. The summed E-state index contributed by atoms with van der Waals surface area (Å²) in [6, 6.07) is 11.1. The highest BCUT2D eigenvalue weighted by Gasteiger charge is 2.23. The lowest BCUT2D eigenvalue weighted by atomic mass is 9.81. The Bertz CT molecular complexity index is 677. The van der Waals surface area contributed by atoms with E-state index in [1.165, 1.54) is 31.2 Å². The number of aryl methyl sites for hydroxylation is 1. The van der Waals surface area contributed by atoms with E-state index < -0.39 is 0 Å². The van der Waals surface area contributed by atoms with E-state index in [9.17, 15) is 0 Å². The van der Waals surface area contributed by atoms with E-state index in [4.69, 9.17) is 9.47 Å². The van der Waals surface area contributed by atoms with Gasteiger partial charge < -0.3 is 14.8 Å². The van der Waals surface area contributed by atoms with E-state index in [0.29, 0.717) is 18.6 Å². The normalized spacial score (nSPS) is 20.1. The van der Waals surface area contributed by atoms with Crippen LogP contribution in [0.1, 0.15) is 49.8 Å². The van der Waals surface area contributed by atoms with Crippen molar-refractivity contribution < 1.29 is 9.47 Å². The van der Waals surface area contributed by atoms with E-state index in [1.807, 2.05) is 26.1 Å². The van der Waals surface area contributed by atoms with Crippen LogP contribution in [0.5, 0.6) is 11.5 Å². The Kier molecular flexibility index (Phi) is 5.79. The molecule has 1 saturated carbocycles. The van der Waals surface area contributed by atoms with Gasteiger partial charge in [-0.1, -0.05) is 12.1 Å². The molecule has 0 atom stereocenters. The average molecular weight is 340 g/mol. The van der Waals surface area contributed by atoms with Crippen molar-refractivity contribution in [2.45, 2.75) is 51.5 Å². The second-order valence-corrected chi connectivity index (χ2v) is 6.67. The average Bonchev–Trinajstić information content (AvgIpc) is 2.64. The highest BCUT2D eigenvalue weighted by atomic mass is 16.5. The summed E-state index contributed by atoms with van der Waals surface area (Å²) in [5.41, 5.74) is 3.41. The van der Waals surface area contributed by atoms with Gasteiger partial charge in [-0.2, -0.15) is 0 Å². The second kappa shape index (κ2) is 8.24. The van der Waals surface area contributed by atoms with E-state index in [2.05, 4.69) is 34.6 Å². The molecule has 0 bridgehead atoms. The number of aromatic nitrogens is 1. The van der Waals surface area contributed by atoms with Crippen molar-refractivity contribution in [1.29, 1.82) is 0 Å². The fraction of sp³-hybridized carbons (Fsp3) is 0.476. The van der Waals surface area contributed by atoms with Gasteiger partial charge in [0.15, 0.2) is 5.75 Å². The molecule has 0 spiro atoms. The molecule has 1 aromatic carbocycles. The van der Waals surface area contributed by atoms with Crippen LogP contribution in [0.25, 0.3) is 0 Å². The van der Waals surface area contributed by atoms with Gasteiger partial charge in [-0.05, 0) is 69.2 Å². The van der Waals surface area contributed by atoms with Crippen LogP contribution in [0.4, 0.5) is 5.69 Å². The largest absolute Gasteiger partial charge is 0.494 e. The van der Waals surface area contributed by atoms with Crippen molar-refractivity contribution in [3.8, 4) is 11.5 Å². The fourth-order valence-corrected chi connectivity index (χ4v) is 3.72. The number of hydrogen-bond acceptors (Lipinski definition) is 4. The van der Waals surface area contributed by atoms with Gasteiger partial charge >= 0.3 is 0 Å². The quantitative estimate of drug-likeness (QED) is 0.809. The molecule has 1 aliphatic rings. The summed E-state index contributed by atoms with van der Waals surface area (Å²) >= 11 is 0. The Labute approximate surface area is 150 Å². The first-order valence-electron chi connectivity index (χ1n) is 9.20. The van der Waals surface area contributed by atoms with Gasteiger partial charge in [0.25, 0.3) is 0 Å². The van der Waals surface area contributed by atoms with Gasteiger partial charge in [-0.25, -0.2) is 0 Å². The first kappa shape index (κ1) is 17.6. The number of pyridine rings is 1. The van der Waals surface area contributed by atoms with Crippen molar-refractivity contribution >= 4 is 5.69 Å². The number of ether oxygens (including phenoxy) is 2. The maximum atomic E-state index is 5.54. The number of hydrogen-bond donors (Lipinski definition) is 1. The molecule has 0 radical (unpaired) electrons. The molecule has 25 heavy (non-hydrogen) atoms. The SMILES string of the molecule is CCOc1ccc(C2CCC(Nc3ccnc(C)c3OC)CC2)cc1. The Hall–Kier alpha value is -2.23. The minimum absolute atomic E-state index is 0.495. The summed E-state index contributed by atoms with van der Waals surface area (Å²) in [5.74, 6) is 2.47. The topological polar surface area (TPSA) is 43.4 Å². The number of nitrogens with one attached hydrogen (secondary N) is 1. The van der Waals surface area contributed by atoms with Gasteiger partial charge in [0.2, 0.25) is 0 Å². The van der Waals surface area contributed by atoms with Gasteiger partial charge in [0.1, 0.15) is 5.75 Å². The van der Waals surface area contributed by atoms with Gasteiger partial charge in [0, 0.05) is 12.2 Å². The fourth-order valence-electron chi connectivity index (χ4n) is 3.72. The van der Waals surface area contributed by atoms with Crippen LogP contribution in [0.15, 0.2) is 36.5 Å². The number of rotatable bonds is 6. The molecular weight excluding hydrogens is 312 g/mol. The molecule has 4 nitrogen and oxygen atoms in total. The molecule has 3 rings (SSSR count). The molecule has 134 valence electrons. The zero-order valence-electron chi connectivity index (χ0n) is 15.4. The molecular formula is C21H28N2O2. The highest BCUT2D eigenvalue weighted by Crippen LogP contribution is 2.36. The van der Waals surface area contributed by atoms with Crippen LogP contribution in [0.3, 0.4) is 0 Å². The maximum absolute atomic E-state index is 5.54. The molecule has 1 aliphatic carbocycles. The van der Waals surface area contributed by atoms with E-state index in [1.54, 1.807) is 7.11 Å². The van der Waals surface area contributed by atoms with Crippen molar-refractivity contribution in [2.75, 3.05) is 19.0 Å². The first-order valence-corrected chi connectivity index (χ1v) is 9.20. The first-order chi connectivity index (χ1) is 12.2. The summed E-state index contributed by atoms with van der Waals surface area (Å²) < 4.78 is 11.0. The second-order valence-electron chi connectivity index (χ2n) is 6.67. The van der Waals surface area contributed by atoms with Crippen LogP contribution >= 0.6 is 0 Å². The van der Waals surface area contributed by atoms with Crippen LogP contribution in [-0.2, 0) is 0 Å². The van der Waals surface area contributed by atoms with Gasteiger partial charge in [0.05, 0.1) is 25.1 Å². The lowest BCUT2D eigenvalue weighted by molar-refractivity contribution is 0.340. The van der Waals surface area contributed by atoms with Crippen molar-refractivity contribution in [3.05, 3.63) is 47.8 Å². The predicted molar refractivity (Wildman–Crippen MR) is 102 cm³/mol. The summed E-state index contributed by atoms with van der Waals surface area (Å²) in [6.45, 7) is 4.71. The van der Waals surface area contributed by atoms with Crippen LogP contribution < -0.4 is 14.8 Å². The third-order valence-electron chi connectivity index (χ3n) is 5.04. The lowest BCUT2D eigenvalue weighted by Gasteiger charge is -2.30. The molecule has 2 aromatic rings. The van der Waals surface area contributed by atoms with Crippen LogP contribution in [0.2, 0.25) is 0 Å². The number of nitrogens with zero attached hydrogens (tertiary/aromatic N) is 1.